The summed E-state index contributed by atoms with van der Waals surface area (Å²) >= 11 is 0. The summed E-state index contributed by atoms with van der Waals surface area (Å²) < 4.78 is 180. The molecule has 21 heteroatoms. The van der Waals surface area contributed by atoms with E-state index < -0.39 is 54.3 Å². The Balaban J connectivity index is 0.000000294. The molecule has 1 N–H and O–H groups in total. The largest absolute Gasteiger partial charge is 1.00 e. The van der Waals surface area contributed by atoms with E-state index in [0.29, 0.717) is 0 Å². The number of hydrogen-bond donors (Lipinski definition) is 0. The normalized spacial score (nSPS) is 37.1. The summed E-state index contributed by atoms with van der Waals surface area (Å²) in [5.74, 6) is 0.895. The van der Waals surface area contributed by atoms with Crippen LogP contribution >= 0.6 is 0 Å². The molecule has 0 aromatic heterocycles. The molecule has 0 amide bonds. The van der Waals surface area contributed by atoms with Gasteiger partial charge in [0, 0.05) is 0 Å². The monoisotopic (exact) mass is 696 g/mol. The Bertz CT molecular complexity index is 1130. The van der Waals surface area contributed by atoms with Crippen molar-refractivity contribution >= 4 is 20.3 Å². The maximum absolute atomic E-state index is 13.7. The molecule has 0 aromatic carbocycles. The quantitative estimate of drug-likeness (QED) is 0.150. The molecule has 0 unspecified atom stereocenters. The van der Waals surface area contributed by atoms with Gasteiger partial charge in [-0.25, -0.2) is 8.42 Å². The van der Waals surface area contributed by atoms with Crippen molar-refractivity contribution in [1.82, 2.24) is 0 Å². The molecule has 8 nitrogen and oxygen atoms in total. The first-order chi connectivity index (χ1) is 18.9. The van der Waals surface area contributed by atoms with Crippen molar-refractivity contribution < 1.29 is 113 Å². The first kappa shape index (κ1) is 41.5. The third-order valence-electron chi connectivity index (χ3n) is 9.95. The average Bonchev–Trinajstić information content (AvgIpc) is 2.74. The molecule has 0 heterocycles. The zero-order chi connectivity index (χ0) is 31.4. The molecule has 0 spiro atoms. The maximum Gasteiger partial charge on any atom is 1.00 e. The molecular formula is C24H31F9Li2O8S2. The van der Waals surface area contributed by atoms with Crippen molar-refractivity contribution in [1.29, 1.82) is 0 Å². The van der Waals surface area contributed by atoms with Gasteiger partial charge in [0.05, 0.1) is 11.2 Å². The van der Waals surface area contributed by atoms with Gasteiger partial charge in [0.15, 0.2) is 10.1 Å². The van der Waals surface area contributed by atoms with Gasteiger partial charge in [0.25, 0.3) is 0 Å². The van der Waals surface area contributed by atoms with E-state index in [2.05, 4.69) is 9.47 Å². The molecular weight excluding hydrogens is 665 g/mol. The third-order valence-corrected chi connectivity index (χ3v) is 11.7. The Morgan fingerprint density at radius 1 is 0.533 bits per heavy atom. The molecule has 8 bridgehead atoms. The summed E-state index contributed by atoms with van der Waals surface area (Å²) in [5.41, 5.74) is -2.88. The van der Waals surface area contributed by atoms with Crippen LogP contribution in [0.3, 0.4) is 0 Å². The standard InChI is InChI=1S/C12H15F5O3S.C12H16F4O4S.2Li.H2O/c2*13-11(14,12(15,16)21(17,18)19)20-10-4-7-1-8(5-10)3-9(2-7)6-10;;;/h7-9H,1-6H2;7-9H,1-6H2,(H,17,18,19);;;1H2/q;;2*+1;/p-2. The summed E-state index contributed by atoms with van der Waals surface area (Å²) in [5, 5.41) is -11.6. The van der Waals surface area contributed by atoms with Crippen molar-refractivity contribution in [2.75, 3.05) is 0 Å². The number of ether oxygens (including phenoxy) is 2. The van der Waals surface area contributed by atoms with E-state index in [1.165, 1.54) is 0 Å². The van der Waals surface area contributed by atoms with Crippen LogP contribution < -0.4 is 37.7 Å². The SMILES string of the molecule is O=S(=O)(F)C(F)(F)C(F)(F)OC12CC3CC(CC(C3)C1)C2.O=S(=O)([O-])C(F)(F)C(F)(F)OC12CC3CC(CC(C3)C1)C2.[Li+].[Li+].[OH-]. The number of hydrogen-bond acceptors (Lipinski definition) is 8. The van der Waals surface area contributed by atoms with Gasteiger partial charge in [-0.3, -0.25) is 0 Å². The van der Waals surface area contributed by atoms with Gasteiger partial charge < -0.3 is 19.5 Å². The van der Waals surface area contributed by atoms with Crippen LogP contribution in [0.15, 0.2) is 0 Å². The first-order valence-corrected chi connectivity index (χ1v) is 16.5. The molecule has 0 atom stereocenters. The topological polar surface area (TPSA) is 140 Å². The zero-order valence-electron chi connectivity index (χ0n) is 24.5. The second-order valence-electron chi connectivity index (χ2n) is 13.4. The smallest absolute Gasteiger partial charge is 0.870 e. The van der Waals surface area contributed by atoms with E-state index in [9.17, 15) is 60.4 Å². The van der Waals surface area contributed by atoms with Crippen LogP contribution in [-0.2, 0) is 29.8 Å². The Morgan fingerprint density at radius 3 is 0.956 bits per heavy atom. The predicted octanol–water partition coefficient (Wildman–Crippen LogP) is -0.00950. The molecule has 8 aliphatic carbocycles. The number of rotatable bonds is 8. The maximum atomic E-state index is 13.7. The van der Waals surface area contributed by atoms with E-state index in [-0.39, 0.29) is 117 Å². The zero-order valence-corrected chi connectivity index (χ0v) is 26.1. The minimum absolute atomic E-state index is 0. The molecule has 8 saturated carbocycles. The van der Waals surface area contributed by atoms with Crippen molar-refractivity contribution in [2.24, 2.45) is 35.5 Å². The fraction of sp³-hybridized carbons (Fsp3) is 1.00. The molecule has 0 aliphatic heterocycles. The van der Waals surface area contributed by atoms with Gasteiger partial charge in [-0.2, -0.15) is 43.5 Å². The van der Waals surface area contributed by atoms with Crippen LogP contribution in [0.2, 0.25) is 0 Å². The van der Waals surface area contributed by atoms with Crippen LogP contribution in [0.5, 0.6) is 0 Å². The van der Waals surface area contributed by atoms with Crippen molar-refractivity contribution in [3.8, 4) is 0 Å². The third kappa shape index (κ3) is 7.58. The van der Waals surface area contributed by atoms with Gasteiger partial charge in [0.2, 0.25) is 0 Å². The minimum atomic E-state index is -6.75. The van der Waals surface area contributed by atoms with E-state index in [1.807, 2.05) is 0 Å². The number of alkyl halides is 8. The first-order valence-electron chi connectivity index (χ1n) is 13.7. The summed E-state index contributed by atoms with van der Waals surface area (Å²) in [7, 11) is -13.3. The van der Waals surface area contributed by atoms with Crippen LogP contribution in [0.25, 0.3) is 0 Å². The van der Waals surface area contributed by atoms with E-state index >= 15 is 0 Å². The second-order valence-corrected chi connectivity index (χ2v) is 16.2. The van der Waals surface area contributed by atoms with Crippen LogP contribution in [0.4, 0.5) is 39.0 Å². The summed E-state index contributed by atoms with van der Waals surface area (Å²) in [6.45, 7) is 0. The number of halogens is 9. The van der Waals surface area contributed by atoms with Gasteiger partial charge in [0.1, 0.15) is 0 Å². The molecule has 0 aromatic rings. The van der Waals surface area contributed by atoms with Crippen LogP contribution in [-0.4, -0.2) is 60.8 Å². The minimum Gasteiger partial charge on any atom is -0.870 e. The Hall–Kier alpha value is 0.305. The Morgan fingerprint density at radius 2 is 0.756 bits per heavy atom. The molecule has 45 heavy (non-hydrogen) atoms. The van der Waals surface area contributed by atoms with Gasteiger partial charge in [-0.05, 0) is 113 Å². The van der Waals surface area contributed by atoms with E-state index in [4.69, 9.17) is 0 Å². The van der Waals surface area contributed by atoms with Gasteiger partial charge >= 0.3 is 70.7 Å². The van der Waals surface area contributed by atoms with E-state index in [1.54, 1.807) is 0 Å². The molecule has 8 aliphatic rings. The summed E-state index contributed by atoms with van der Waals surface area (Å²) in [6, 6.07) is 0. The Kier molecular flexibility index (Phi) is 11.9. The fourth-order valence-electron chi connectivity index (χ4n) is 9.26. The van der Waals surface area contributed by atoms with Crippen molar-refractivity contribution in [3.05, 3.63) is 0 Å². The van der Waals surface area contributed by atoms with Crippen LogP contribution in [0, 0.1) is 35.5 Å². The van der Waals surface area contributed by atoms with Gasteiger partial charge in [-0.15, -0.1) is 0 Å². The fourth-order valence-corrected chi connectivity index (χ4v) is 9.92. The second kappa shape index (κ2) is 12.9. The summed E-state index contributed by atoms with van der Waals surface area (Å²) in [4.78, 5) is 0. The average molecular weight is 697 g/mol. The molecule has 0 saturated heterocycles. The van der Waals surface area contributed by atoms with Crippen molar-refractivity contribution in [2.45, 2.75) is 111 Å². The summed E-state index contributed by atoms with van der Waals surface area (Å²) in [6.07, 6.45) is -4.14. The van der Waals surface area contributed by atoms with Crippen LogP contribution in [0.1, 0.15) is 77.0 Å². The predicted molar refractivity (Wildman–Crippen MR) is 125 cm³/mol. The molecule has 8 fully saturated rings. The molecule has 252 valence electrons. The Labute approximate surface area is 278 Å². The van der Waals surface area contributed by atoms with Crippen molar-refractivity contribution in [3.63, 3.8) is 0 Å². The van der Waals surface area contributed by atoms with E-state index in [0.717, 1.165) is 38.5 Å². The molecule has 0 radical (unpaired) electrons. The molecule has 8 rings (SSSR count). The van der Waals surface area contributed by atoms with Gasteiger partial charge in [-0.1, -0.05) is 3.89 Å².